The molecule has 1 aromatic heterocycles. The lowest BCUT2D eigenvalue weighted by Gasteiger charge is -1.86. The van der Waals surface area contributed by atoms with Gasteiger partial charge in [-0.3, -0.25) is 4.57 Å². The molecule has 2 aromatic rings. The molecule has 0 spiro atoms. The Hall–Kier alpha value is -1.14. The Bertz CT molecular complexity index is 394. The van der Waals surface area contributed by atoms with Crippen molar-refractivity contribution in [3.63, 3.8) is 0 Å². The molecule has 0 bridgehead atoms. The summed E-state index contributed by atoms with van der Waals surface area (Å²) < 4.78 is 10.6. The fourth-order valence-corrected chi connectivity index (χ4v) is 1.62. The number of para-hydroxylation sites is 1. The van der Waals surface area contributed by atoms with Crippen LogP contribution in [0.4, 0.5) is 0 Å². The van der Waals surface area contributed by atoms with Gasteiger partial charge in [-0.15, -0.1) is 0 Å². The first kappa shape index (κ1) is 6.56. The second-order valence-electron chi connectivity index (χ2n) is 2.35. The third kappa shape index (κ3) is 0.958. The van der Waals surface area contributed by atoms with Crippen LogP contribution in [0.3, 0.4) is 0 Å². The summed E-state index contributed by atoms with van der Waals surface area (Å²) in [5.41, 5.74) is 1.05. The van der Waals surface area contributed by atoms with Crippen molar-refractivity contribution < 1.29 is 4.57 Å². The second-order valence-corrected chi connectivity index (χ2v) is 3.09. The number of hydrogen-bond donors (Lipinski definition) is 1. The van der Waals surface area contributed by atoms with E-state index in [4.69, 9.17) is 0 Å². The molecule has 0 aliphatic rings. The zero-order chi connectivity index (χ0) is 7.68. The lowest BCUT2D eigenvalue weighted by molar-refractivity contribution is 0.603. The topological polar surface area (TPSA) is 32.9 Å². The van der Waals surface area contributed by atoms with E-state index in [9.17, 15) is 4.57 Å². The van der Waals surface area contributed by atoms with Crippen molar-refractivity contribution >= 4 is 24.7 Å². The molecule has 55 valence electrons. The van der Waals surface area contributed by atoms with E-state index < -0.39 is 0 Å². The molecule has 1 aromatic carbocycles. The quantitative estimate of drug-likeness (QED) is 0.640. The van der Waals surface area contributed by atoms with Gasteiger partial charge in [-0.2, -0.15) is 0 Å². The van der Waals surface area contributed by atoms with Gasteiger partial charge in [0.05, 0.1) is 13.8 Å². The molecule has 0 saturated carbocycles. The Labute approximate surface area is 65.4 Å². The Morgan fingerprint density at radius 1 is 1.27 bits per heavy atom. The van der Waals surface area contributed by atoms with Gasteiger partial charge in [0.25, 0.3) is 0 Å². The standard InChI is InChI=1S/C8H7NOP/c10-11-8-5-9-7-4-2-1-3-6(7)8/h1-5,9,11H. The number of nitrogens with one attached hydrogen (secondary N) is 1. The zero-order valence-corrected chi connectivity index (χ0v) is 6.79. The third-order valence-corrected chi connectivity index (χ3v) is 2.33. The number of rotatable bonds is 1. The van der Waals surface area contributed by atoms with Crippen LogP contribution >= 0.6 is 8.46 Å². The molecule has 2 rings (SSSR count). The summed E-state index contributed by atoms with van der Waals surface area (Å²) in [7, 11) is -0.373. The largest absolute Gasteiger partial charge is 0.360 e. The van der Waals surface area contributed by atoms with Crippen molar-refractivity contribution in [2.24, 2.45) is 0 Å². The average molecular weight is 164 g/mol. The maximum Gasteiger partial charge on any atom is 0.0924 e. The maximum atomic E-state index is 10.6. The fourth-order valence-electron chi connectivity index (χ4n) is 1.16. The number of benzene rings is 1. The van der Waals surface area contributed by atoms with Crippen LogP contribution < -0.4 is 5.30 Å². The van der Waals surface area contributed by atoms with E-state index in [1.165, 1.54) is 0 Å². The number of fused-ring (bicyclic) bond motifs is 1. The highest BCUT2D eigenvalue weighted by Crippen LogP contribution is 2.12. The van der Waals surface area contributed by atoms with E-state index in [2.05, 4.69) is 4.98 Å². The van der Waals surface area contributed by atoms with Crippen LogP contribution in [0.1, 0.15) is 0 Å². The molecule has 3 heteroatoms. The first-order valence-electron chi connectivity index (χ1n) is 3.36. The van der Waals surface area contributed by atoms with E-state index in [-0.39, 0.29) is 8.46 Å². The van der Waals surface area contributed by atoms with Crippen LogP contribution in [-0.2, 0) is 4.57 Å². The van der Waals surface area contributed by atoms with E-state index in [0.717, 1.165) is 16.2 Å². The van der Waals surface area contributed by atoms with E-state index in [1.807, 2.05) is 24.3 Å². The van der Waals surface area contributed by atoms with E-state index in [0.29, 0.717) is 0 Å². The minimum atomic E-state index is -0.373. The molecule has 1 heterocycles. The first-order chi connectivity index (χ1) is 5.42. The second kappa shape index (κ2) is 2.48. The van der Waals surface area contributed by atoms with Crippen LogP contribution in [0, 0.1) is 0 Å². The highest BCUT2D eigenvalue weighted by atomic mass is 31.1. The van der Waals surface area contributed by atoms with Crippen LogP contribution in [0.15, 0.2) is 30.5 Å². The molecule has 1 radical (unpaired) electrons. The van der Waals surface area contributed by atoms with Gasteiger partial charge in [-0.1, -0.05) is 18.2 Å². The van der Waals surface area contributed by atoms with Crippen LogP contribution in [-0.4, -0.2) is 4.98 Å². The number of aromatic nitrogens is 1. The average Bonchev–Trinajstić information content (AvgIpc) is 2.47. The van der Waals surface area contributed by atoms with Gasteiger partial charge in [0, 0.05) is 17.1 Å². The molecule has 0 fully saturated rings. The summed E-state index contributed by atoms with van der Waals surface area (Å²) in [5, 5.41) is 1.93. The highest BCUT2D eigenvalue weighted by Gasteiger charge is 1.98. The van der Waals surface area contributed by atoms with Crippen molar-refractivity contribution in [3.8, 4) is 0 Å². The summed E-state index contributed by atoms with van der Waals surface area (Å²) in [4.78, 5) is 3.05. The van der Waals surface area contributed by atoms with Gasteiger partial charge in [0.15, 0.2) is 0 Å². The number of H-pyrrole nitrogens is 1. The summed E-state index contributed by atoms with van der Waals surface area (Å²) in [6.07, 6.45) is 1.79. The van der Waals surface area contributed by atoms with Crippen molar-refractivity contribution in [2.45, 2.75) is 0 Å². The van der Waals surface area contributed by atoms with Crippen molar-refractivity contribution in [1.29, 1.82) is 0 Å². The van der Waals surface area contributed by atoms with Gasteiger partial charge in [0.1, 0.15) is 0 Å². The van der Waals surface area contributed by atoms with E-state index >= 15 is 0 Å². The Balaban J connectivity index is 2.86. The van der Waals surface area contributed by atoms with Crippen molar-refractivity contribution in [1.82, 2.24) is 4.98 Å². The lowest BCUT2D eigenvalue weighted by atomic mass is 10.2. The fraction of sp³-hybridized carbons (Fsp3) is 0. The van der Waals surface area contributed by atoms with Gasteiger partial charge < -0.3 is 4.98 Å². The van der Waals surface area contributed by atoms with Crippen LogP contribution in [0.25, 0.3) is 10.9 Å². The monoisotopic (exact) mass is 164 g/mol. The lowest BCUT2D eigenvalue weighted by Crippen LogP contribution is -1.83. The van der Waals surface area contributed by atoms with Gasteiger partial charge in [0.2, 0.25) is 0 Å². The van der Waals surface area contributed by atoms with Crippen molar-refractivity contribution in [2.75, 3.05) is 0 Å². The molecular weight excluding hydrogens is 157 g/mol. The third-order valence-electron chi connectivity index (χ3n) is 1.70. The van der Waals surface area contributed by atoms with Crippen LogP contribution in [0.5, 0.6) is 0 Å². The predicted molar refractivity (Wildman–Crippen MR) is 46.9 cm³/mol. The molecular formula is C8H7NOP. The minimum Gasteiger partial charge on any atom is -0.360 e. The Morgan fingerprint density at radius 2 is 2.09 bits per heavy atom. The summed E-state index contributed by atoms with van der Waals surface area (Å²) in [6, 6.07) is 7.83. The van der Waals surface area contributed by atoms with Gasteiger partial charge >= 0.3 is 0 Å². The maximum absolute atomic E-state index is 10.6. The smallest absolute Gasteiger partial charge is 0.0924 e. The summed E-state index contributed by atoms with van der Waals surface area (Å²) in [5.74, 6) is 0. The normalized spacial score (nSPS) is 10.9. The number of aromatic amines is 1. The van der Waals surface area contributed by atoms with E-state index in [1.54, 1.807) is 6.20 Å². The Morgan fingerprint density at radius 3 is 2.91 bits per heavy atom. The highest BCUT2D eigenvalue weighted by molar-refractivity contribution is 7.34. The molecule has 1 unspecified atom stereocenters. The number of hydrogen-bond acceptors (Lipinski definition) is 1. The molecule has 1 N–H and O–H groups in total. The van der Waals surface area contributed by atoms with Gasteiger partial charge in [-0.05, 0) is 6.07 Å². The molecule has 1 atom stereocenters. The summed E-state index contributed by atoms with van der Waals surface area (Å²) >= 11 is 0. The minimum absolute atomic E-state index is 0.373. The zero-order valence-electron chi connectivity index (χ0n) is 5.79. The van der Waals surface area contributed by atoms with Gasteiger partial charge in [-0.25, -0.2) is 0 Å². The first-order valence-corrected chi connectivity index (χ1v) is 4.27. The SMILES string of the molecule is O=[PH]c1c[nH]c2ccccc12. The molecule has 11 heavy (non-hydrogen) atoms. The molecule has 0 amide bonds. The molecule has 0 aliphatic heterocycles. The predicted octanol–water partition coefficient (Wildman–Crippen LogP) is 1.82. The summed E-state index contributed by atoms with van der Waals surface area (Å²) in [6.45, 7) is 0. The molecule has 0 aliphatic carbocycles. The van der Waals surface area contributed by atoms with Crippen molar-refractivity contribution in [3.05, 3.63) is 30.5 Å². The molecule has 0 saturated heterocycles. The Kier molecular flexibility index (Phi) is 1.48. The molecule has 2 nitrogen and oxygen atoms in total. The van der Waals surface area contributed by atoms with Crippen LogP contribution in [0.2, 0.25) is 0 Å².